The van der Waals surface area contributed by atoms with Crippen LogP contribution in [-0.2, 0) is 0 Å². The van der Waals surface area contributed by atoms with E-state index in [2.05, 4.69) is 15.3 Å². The minimum absolute atomic E-state index is 0.0836. The molecule has 0 aliphatic rings. The van der Waals surface area contributed by atoms with Crippen molar-refractivity contribution < 1.29 is 10.0 Å². The van der Waals surface area contributed by atoms with Gasteiger partial charge in [-0.1, -0.05) is 13.3 Å². The molecule has 0 amide bonds. The van der Waals surface area contributed by atoms with Crippen LogP contribution in [0.5, 0.6) is 0 Å². The Morgan fingerprint density at radius 1 is 1.47 bits per heavy atom. The number of aromatic nitrogens is 2. The van der Waals surface area contributed by atoms with Gasteiger partial charge in [0.05, 0.1) is 11.5 Å². The Labute approximate surface area is 111 Å². The Hall–Kier alpha value is -1.96. The zero-order chi connectivity index (χ0) is 14.3. The molecule has 2 N–H and O–H groups in total. The Bertz CT molecular complexity index is 427. The molecule has 19 heavy (non-hydrogen) atoms. The first-order chi connectivity index (χ1) is 9.15. The van der Waals surface area contributed by atoms with E-state index in [9.17, 15) is 10.1 Å². The van der Waals surface area contributed by atoms with E-state index in [1.807, 2.05) is 6.92 Å². The third-order valence-electron chi connectivity index (χ3n) is 2.67. The molecular weight excluding hydrogens is 250 g/mol. The van der Waals surface area contributed by atoms with Crippen molar-refractivity contribution in [3.05, 3.63) is 16.4 Å². The number of aliphatic hydroxyl groups is 1. The quantitative estimate of drug-likeness (QED) is 0.536. The van der Waals surface area contributed by atoms with Gasteiger partial charge < -0.3 is 15.3 Å². The molecule has 106 valence electrons. The fourth-order valence-electron chi connectivity index (χ4n) is 1.75. The molecule has 0 bridgehead atoms. The van der Waals surface area contributed by atoms with Crippen molar-refractivity contribution in [2.45, 2.75) is 19.8 Å². The molecule has 0 atom stereocenters. The molecule has 0 aliphatic heterocycles. The van der Waals surface area contributed by atoms with Gasteiger partial charge in [0.2, 0.25) is 11.6 Å². The molecule has 8 nitrogen and oxygen atoms in total. The number of hydrogen-bond donors (Lipinski definition) is 2. The van der Waals surface area contributed by atoms with Gasteiger partial charge in [0.1, 0.15) is 6.33 Å². The summed E-state index contributed by atoms with van der Waals surface area (Å²) in [6.07, 6.45) is 3.11. The Balaban J connectivity index is 3.16. The van der Waals surface area contributed by atoms with Crippen LogP contribution in [0.4, 0.5) is 17.3 Å². The van der Waals surface area contributed by atoms with Crippen molar-refractivity contribution in [3.8, 4) is 0 Å². The van der Waals surface area contributed by atoms with Crippen molar-refractivity contribution in [2.75, 3.05) is 37.0 Å². The number of rotatable bonds is 8. The number of anilines is 2. The van der Waals surface area contributed by atoms with Crippen LogP contribution >= 0.6 is 0 Å². The van der Waals surface area contributed by atoms with E-state index in [1.165, 1.54) is 6.33 Å². The van der Waals surface area contributed by atoms with Gasteiger partial charge in [0.25, 0.3) is 0 Å². The summed E-state index contributed by atoms with van der Waals surface area (Å²) in [7, 11) is 1.57. The van der Waals surface area contributed by atoms with Crippen molar-refractivity contribution in [2.24, 2.45) is 0 Å². The number of aliphatic hydroxyl groups excluding tert-OH is 1. The monoisotopic (exact) mass is 269 g/mol. The topological polar surface area (TPSA) is 104 Å². The molecule has 0 saturated carbocycles. The van der Waals surface area contributed by atoms with Crippen LogP contribution in [0.15, 0.2) is 6.33 Å². The molecule has 0 unspecified atom stereocenters. The second-order valence-electron chi connectivity index (χ2n) is 3.97. The highest BCUT2D eigenvalue weighted by atomic mass is 16.6. The zero-order valence-electron chi connectivity index (χ0n) is 11.2. The third kappa shape index (κ3) is 3.75. The molecular formula is C11H19N5O3. The van der Waals surface area contributed by atoms with Gasteiger partial charge in [0.15, 0.2) is 0 Å². The summed E-state index contributed by atoms with van der Waals surface area (Å²) >= 11 is 0. The van der Waals surface area contributed by atoms with Gasteiger partial charge in [-0.25, -0.2) is 9.97 Å². The average Bonchev–Trinajstić information content (AvgIpc) is 2.42. The fraction of sp³-hybridized carbons (Fsp3) is 0.636. The summed E-state index contributed by atoms with van der Waals surface area (Å²) in [4.78, 5) is 20.2. The molecule has 0 radical (unpaired) electrons. The summed E-state index contributed by atoms with van der Waals surface area (Å²) in [5.41, 5.74) is -0.158. The highest BCUT2D eigenvalue weighted by molar-refractivity contribution is 5.70. The molecule has 1 aromatic rings. The fourth-order valence-corrected chi connectivity index (χ4v) is 1.75. The summed E-state index contributed by atoms with van der Waals surface area (Å²) in [5.74, 6) is 0.418. The normalized spacial score (nSPS) is 10.3. The van der Waals surface area contributed by atoms with Gasteiger partial charge in [-0.05, 0) is 6.42 Å². The molecule has 0 fully saturated rings. The van der Waals surface area contributed by atoms with Gasteiger partial charge in [0, 0.05) is 20.1 Å². The Morgan fingerprint density at radius 3 is 2.74 bits per heavy atom. The highest BCUT2D eigenvalue weighted by Crippen LogP contribution is 2.31. The van der Waals surface area contributed by atoms with Crippen LogP contribution in [0, 0.1) is 10.1 Å². The van der Waals surface area contributed by atoms with Gasteiger partial charge in [-0.3, -0.25) is 10.1 Å². The second-order valence-corrected chi connectivity index (χ2v) is 3.97. The van der Waals surface area contributed by atoms with Crippen molar-refractivity contribution >= 4 is 17.3 Å². The first-order valence-electron chi connectivity index (χ1n) is 6.18. The maximum absolute atomic E-state index is 11.2. The largest absolute Gasteiger partial charge is 0.395 e. The van der Waals surface area contributed by atoms with E-state index in [0.717, 1.165) is 12.8 Å². The predicted octanol–water partition coefficient (Wildman–Crippen LogP) is 1.03. The van der Waals surface area contributed by atoms with Crippen LogP contribution in [-0.4, -0.2) is 46.7 Å². The summed E-state index contributed by atoms with van der Waals surface area (Å²) in [6.45, 7) is 2.86. The summed E-state index contributed by atoms with van der Waals surface area (Å²) < 4.78 is 0. The smallest absolute Gasteiger partial charge is 0.353 e. The van der Waals surface area contributed by atoms with E-state index in [4.69, 9.17) is 5.11 Å². The minimum atomic E-state index is -0.502. The van der Waals surface area contributed by atoms with E-state index in [0.29, 0.717) is 13.1 Å². The lowest BCUT2D eigenvalue weighted by Gasteiger charge is -2.22. The minimum Gasteiger partial charge on any atom is -0.395 e. The molecule has 0 aliphatic carbocycles. The SMILES string of the molecule is CCCCN(CCO)c1ncnc(NC)c1[N+](=O)[O-]. The lowest BCUT2D eigenvalue weighted by molar-refractivity contribution is -0.383. The number of nitro groups is 1. The maximum Gasteiger partial charge on any atom is 0.353 e. The van der Waals surface area contributed by atoms with E-state index < -0.39 is 4.92 Å². The van der Waals surface area contributed by atoms with Crippen LogP contribution in [0.1, 0.15) is 19.8 Å². The second kappa shape index (κ2) is 7.47. The number of nitrogens with zero attached hydrogens (tertiary/aromatic N) is 4. The van der Waals surface area contributed by atoms with Crippen molar-refractivity contribution in [1.29, 1.82) is 0 Å². The summed E-state index contributed by atoms with van der Waals surface area (Å²) in [6, 6.07) is 0. The van der Waals surface area contributed by atoms with Crippen LogP contribution < -0.4 is 10.2 Å². The zero-order valence-corrected chi connectivity index (χ0v) is 11.2. The number of unbranched alkanes of at least 4 members (excludes halogenated alkanes) is 1. The van der Waals surface area contributed by atoms with Gasteiger partial charge in [-0.2, -0.15) is 0 Å². The first kappa shape index (κ1) is 15.1. The van der Waals surface area contributed by atoms with Gasteiger partial charge >= 0.3 is 5.69 Å². The molecule has 0 saturated heterocycles. The lowest BCUT2D eigenvalue weighted by atomic mass is 10.3. The maximum atomic E-state index is 11.2. The number of nitrogens with one attached hydrogen (secondary N) is 1. The molecule has 1 aromatic heterocycles. The van der Waals surface area contributed by atoms with Crippen LogP contribution in [0.2, 0.25) is 0 Å². The van der Waals surface area contributed by atoms with E-state index in [-0.39, 0.29) is 23.9 Å². The van der Waals surface area contributed by atoms with Crippen molar-refractivity contribution in [1.82, 2.24) is 9.97 Å². The van der Waals surface area contributed by atoms with Crippen molar-refractivity contribution in [3.63, 3.8) is 0 Å². The van der Waals surface area contributed by atoms with E-state index in [1.54, 1.807) is 11.9 Å². The van der Waals surface area contributed by atoms with E-state index >= 15 is 0 Å². The molecule has 1 heterocycles. The molecule has 0 spiro atoms. The highest BCUT2D eigenvalue weighted by Gasteiger charge is 2.25. The Morgan fingerprint density at radius 2 is 2.21 bits per heavy atom. The summed E-state index contributed by atoms with van der Waals surface area (Å²) in [5, 5.41) is 23.0. The Kier molecular flexibility index (Phi) is 5.94. The average molecular weight is 269 g/mol. The first-order valence-corrected chi connectivity index (χ1v) is 6.18. The molecule has 8 heteroatoms. The lowest BCUT2D eigenvalue weighted by Crippen LogP contribution is -2.29. The van der Waals surface area contributed by atoms with Crippen LogP contribution in [0.25, 0.3) is 0 Å². The third-order valence-corrected chi connectivity index (χ3v) is 2.67. The predicted molar refractivity (Wildman–Crippen MR) is 72.4 cm³/mol. The standard InChI is InChI=1S/C11H19N5O3/c1-3-4-5-15(6-7-17)11-9(16(18)19)10(12-2)13-8-14-11/h8,17H,3-7H2,1-2H3,(H,12,13,14). The molecule has 1 rings (SSSR count). The van der Waals surface area contributed by atoms with Crippen LogP contribution in [0.3, 0.4) is 0 Å². The van der Waals surface area contributed by atoms with Gasteiger partial charge in [-0.15, -0.1) is 0 Å². The molecule has 0 aromatic carbocycles. The number of hydrogen-bond acceptors (Lipinski definition) is 7.